The number of hydrogen-bond donors (Lipinski definition) is 2. The SMILES string of the molecule is O=C(O)C(Nc1ccc(F)cc1)c1cc(Br)c(Br)s1. The van der Waals surface area contributed by atoms with E-state index in [4.69, 9.17) is 0 Å². The Morgan fingerprint density at radius 2 is 1.95 bits per heavy atom. The van der Waals surface area contributed by atoms with Crippen LogP contribution in [0.2, 0.25) is 0 Å². The second kappa shape index (κ2) is 6.02. The third-order valence-corrected chi connectivity index (χ3v) is 5.67. The summed E-state index contributed by atoms with van der Waals surface area (Å²) >= 11 is 7.98. The largest absolute Gasteiger partial charge is 0.479 e. The van der Waals surface area contributed by atoms with Crippen LogP contribution in [0.5, 0.6) is 0 Å². The zero-order valence-corrected chi connectivity index (χ0v) is 13.4. The minimum absolute atomic E-state index is 0.362. The van der Waals surface area contributed by atoms with E-state index in [0.29, 0.717) is 10.6 Å². The molecule has 100 valence electrons. The fourth-order valence-corrected chi connectivity index (χ4v) is 3.61. The van der Waals surface area contributed by atoms with Crippen molar-refractivity contribution in [1.82, 2.24) is 0 Å². The highest BCUT2D eigenvalue weighted by molar-refractivity contribution is 9.13. The molecule has 0 aliphatic heterocycles. The molecule has 2 aromatic rings. The average Bonchev–Trinajstić information content (AvgIpc) is 2.68. The highest BCUT2D eigenvalue weighted by Gasteiger charge is 2.22. The Morgan fingerprint density at radius 3 is 2.42 bits per heavy atom. The van der Waals surface area contributed by atoms with E-state index < -0.39 is 12.0 Å². The Bertz CT molecular complexity index is 581. The smallest absolute Gasteiger partial charge is 0.331 e. The van der Waals surface area contributed by atoms with Crippen molar-refractivity contribution in [3.05, 3.63) is 49.3 Å². The number of nitrogens with one attached hydrogen (secondary N) is 1. The lowest BCUT2D eigenvalue weighted by Crippen LogP contribution is -2.19. The summed E-state index contributed by atoms with van der Waals surface area (Å²) in [4.78, 5) is 12.0. The first-order valence-corrected chi connectivity index (χ1v) is 7.57. The highest BCUT2D eigenvalue weighted by atomic mass is 79.9. The van der Waals surface area contributed by atoms with Crippen molar-refractivity contribution in [3.8, 4) is 0 Å². The van der Waals surface area contributed by atoms with E-state index in [1.54, 1.807) is 6.07 Å². The molecule has 0 bridgehead atoms. The topological polar surface area (TPSA) is 49.3 Å². The normalized spacial score (nSPS) is 12.2. The predicted octanol–water partition coefficient (Wildman–Crippen LogP) is 4.65. The van der Waals surface area contributed by atoms with Crippen molar-refractivity contribution in [3.63, 3.8) is 0 Å². The molecular weight excluding hydrogens is 401 g/mol. The first-order chi connectivity index (χ1) is 8.97. The number of anilines is 1. The first kappa shape index (κ1) is 14.5. The van der Waals surface area contributed by atoms with Crippen LogP contribution in [0.4, 0.5) is 10.1 Å². The lowest BCUT2D eigenvalue weighted by molar-refractivity contribution is -0.138. The average molecular weight is 409 g/mol. The number of rotatable bonds is 4. The fourth-order valence-electron chi connectivity index (χ4n) is 1.47. The summed E-state index contributed by atoms with van der Waals surface area (Å²) in [6.07, 6.45) is 0. The maximum Gasteiger partial charge on any atom is 0.331 e. The summed E-state index contributed by atoms with van der Waals surface area (Å²) < 4.78 is 14.4. The molecular formula is C12H8Br2FNO2S. The molecule has 3 nitrogen and oxygen atoms in total. The van der Waals surface area contributed by atoms with Crippen molar-refractivity contribution < 1.29 is 14.3 Å². The molecule has 0 aliphatic rings. The van der Waals surface area contributed by atoms with Gasteiger partial charge in [-0.25, -0.2) is 9.18 Å². The Kier molecular flexibility index (Phi) is 4.59. The van der Waals surface area contributed by atoms with Gasteiger partial charge >= 0.3 is 5.97 Å². The molecule has 2 rings (SSSR count). The monoisotopic (exact) mass is 407 g/mol. The summed E-state index contributed by atoms with van der Waals surface area (Å²) in [5.74, 6) is -1.36. The van der Waals surface area contributed by atoms with Crippen molar-refractivity contribution in [2.24, 2.45) is 0 Å². The fraction of sp³-hybridized carbons (Fsp3) is 0.0833. The van der Waals surface area contributed by atoms with Crippen molar-refractivity contribution in [2.75, 3.05) is 5.32 Å². The number of aliphatic carboxylic acids is 1. The Morgan fingerprint density at radius 1 is 1.32 bits per heavy atom. The van der Waals surface area contributed by atoms with Gasteiger partial charge in [0.2, 0.25) is 0 Å². The van der Waals surface area contributed by atoms with Crippen molar-refractivity contribution in [2.45, 2.75) is 6.04 Å². The van der Waals surface area contributed by atoms with Gasteiger partial charge in [0.25, 0.3) is 0 Å². The van der Waals surface area contributed by atoms with Crippen LogP contribution in [0.3, 0.4) is 0 Å². The van der Waals surface area contributed by atoms with E-state index in [2.05, 4.69) is 37.2 Å². The van der Waals surface area contributed by atoms with Gasteiger partial charge in [0.05, 0.1) is 3.79 Å². The molecule has 0 amide bonds. The summed E-state index contributed by atoms with van der Waals surface area (Å²) in [7, 11) is 0. The number of hydrogen-bond acceptors (Lipinski definition) is 3. The number of carbonyl (C=O) groups is 1. The van der Waals surface area contributed by atoms with E-state index >= 15 is 0 Å². The molecule has 1 aromatic carbocycles. The minimum Gasteiger partial charge on any atom is -0.479 e. The predicted molar refractivity (Wildman–Crippen MR) is 80.1 cm³/mol. The number of carboxylic acids is 1. The van der Waals surface area contributed by atoms with E-state index in [0.717, 1.165) is 8.26 Å². The molecule has 0 spiro atoms. The second-order valence-electron chi connectivity index (χ2n) is 3.69. The summed E-state index contributed by atoms with van der Waals surface area (Å²) in [6, 6.07) is 6.43. The Labute approximate surface area is 129 Å². The second-order valence-corrected chi connectivity index (χ2v) is 6.95. The molecule has 2 N–H and O–H groups in total. The van der Waals surface area contributed by atoms with Crippen LogP contribution in [0.15, 0.2) is 38.6 Å². The number of halogens is 3. The molecule has 1 unspecified atom stereocenters. The van der Waals surface area contributed by atoms with Crippen LogP contribution in [0.25, 0.3) is 0 Å². The summed E-state index contributed by atoms with van der Waals surface area (Å²) in [5.41, 5.74) is 0.550. The van der Waals surface area contributed by atoms with Gasteiger partial charge in [-0.2, -0.15) is 0 Å². The third-order valence-electron chi connectivity index (χ3n) is 2.35. The maximum absolute atomic E-state index is 12.8. The van der Waals surface area contributed by atoms with E-state index in [-0.39, 0.29) is 5.82 Å². The van der Waals surface area contributed by atoms with Crippen LogP contribution >= 0.6 is 43.2 Å². The van der Waals surface area contributed by atoms with Gasteiger partial charge in [0.1, 0.15) is 5.82 Å². The van der Waals surface area contributed by atoms with Gasteiger partial charge in [0, 0.05) is 15.0 Å². The van der Waals surface area contributed by atoms with E-state index in [9.17, 15) is 14.3 Å². The molecule has 7 heteroatoms. The van der Waals surface area contributed by atoms with Gasteiger partial charge < -0.3 is 10.4 Å². The van der Waals surface area contributed by atoms with E-state index in [1.165, 1.54) is 35.6 Å². The van der Waals surface area contributed by atoms with Crippen LogP contribution in [0.1, 0.15) is 10.9 Å². The standard InChI is InChI=1S/C12H8Br2FNO2S/c13-8-5-9(19-11(8)14)10(12(17)18)16-7-3-1-6(15)2-4-7/h1-5,10,16H,(H,17,18). The number of thiophene rings is 1. The molecule has 1 atom stereocenters. The molecule has 1 aromatic heterocycles. The van der Waals surface area contributed by atoms with Gasteiger partial charge in [-0.3, -0.25) is 0 Å². The lowest BCUT2D eigenvalue weighted by atomic mass is 10.2. The van der Waals surface area contributed by atoms with Crippen LogP contribution < -0.4 is 5.32 Å². The van der Waals surface area contributed by atoms with Crippen LogP contribution in [0, 0.1) is 5.82 Å². The van der Waals surface area contributed by atoms with Gasteiger partial charge in [0.15, 0.2) is 6.04 Å². The first-order valence-electron chi connectivity index (χ1n) is 5.17. The lowest BCUT2D eigenvalue weighted by Gasteiger charge is -2.14. The molecule has 1 heterocycles. The van der Waals surface area contributed by atoms with E-state index in [1.807, 2.05) is 0 Å². The molecule has 0 aliphatic carbocycles. The Balaban J connectivity index is 2.26. The van der Waals surface area contributed by atoms with Gasteiger partial charge in [-0.15, -0.1) is 11.3 Å². The minimum atomic E-state index is -0.995. The molecule has 0 saturated carbocycles. The number of carboxylic acid groups (broad SMARTS) is 1. The number of benzene rings is 1. The molecule has 0 saturated heterocycles. The quantitative estimate of drug-likeness (QED) is 0.773. The summed E-state index contributed by atoms with van der Waals surface area (Å²) in [6.45, 7) is 0. The maximum atomic E-state index is 12.8. The van der Waals surface area contributed by atoms with Crippen molar-refractivity contribution in [1.29, 1.82) is 0 Å². The zero-order chi connectivity index (χ0) is 14.0. The highest BCUT2D eigenvalue weighted by Crippen LogP contribution is 2.36. The van der Waals surface area contributed by atoms with Gasteiger partial charge in [-0.1, -0.05) is 0 Å². The van der Waals surface area contributed by atoms with Crippen LogP contribution in [-0.4, -0.2) is 11.1 Å². The molecule has 19 heavy (non-hydrogen) atoms. The zero-order valence-electron chi connectivity index (χ0n) is 9.36. The van der Waals surface area contributed by atoms with Gasteiger partial charge in [-0.05, 0) is 62.2 Å². The molecule has 0 radical (unpaired) electrons. The summed E-state index contributed by atoms with van der Waals surface area (Å²) in [5, 5.41) is 12.1. The Hall–Kier alpha value is -0.920. The van der Waals surface area contributed by atoms with Crippen LogP contribution in [-0.2, 0) is 4.79 Å². The molecule has 0 fully saturated rings. The third kappa shape index (κ3) is 3.55. The van der Waals surface area contributed by atoms with Crippen molar-refractivity contribution >= 4 is 54.9 Å².